The van der Waals surface area contributed by atoms with Gasteiger partial charge < -0.3 is 10.5 Å². The molecule has 0 spiro atoms. The van der Waals surface area contributed by atoms with Crippen LogP contribution in [0.4, 0.5) is 5.69 Å². The van der Waals surface area contributed by atoms with Crippen LogP contribution in [0.15, 0.2) is 30.3 Å². The second-order valence-electron chi connectivity index (χ2n) is 4.37. The highest BCUT2D eigenvalue weighted by molar-refractivity contribution is 7.20. The van der Waals surface area contributed by atoms with Crippen LogP contribution in [0.25, 0.3) is 10.2 Å². The second-order valence-corrected chi connectivity index (χ2v) is 6.17. The quantitative estimate of drug-likeness (QED) is 0.652. The van der Waals surface area contributed by atoms with Crippen LogP contribution in [0.5, 0.6) is 10.9 Å². The Morgan fingerprint density at radius 1 is 1.15 bits per heavy atom. The maximum Gasteiger partial charge on any atom is 0.279 e. The predicted molar refractivity (Wildman–Crippen MR) is 85.3 cm³/mol. The molecule has 6 heteroatoms. The first kappa shape index (κ1) is 13.5. The predicted octanol–water partition coefficient (Wildman–Crippen LogP) is 5.29. The topological polar surface area (TPSA) is 48.1 Å². The highest BCUT2D eigenvalue weighted by Crippen LogP contribution is 2.40. The lowest BCUT2D eigenvalue weighted by Gasteiger charge is -2.07. The van der Waals surface area contributed by atoms with Gasteiger partial charge in [-0.3, -0.25) is 0 Å². The van der Waals surface area contributed by atoms with Gasteiger partial charge in [-0.05, 0) is 36.8 Å². The van der Waals surface area contributed by atoms with Crippen molar-refractivity contribution in [2.24, 2.45) is 0 Å². The van der Waals surface area contributed by atoms with Gasteiger partial charge in [0, 0.05) is 5.69 Å². The summed E-state index contributed by atoms with van der Waals surface area (Å²) in [5.74, 6) is 0.373. The number of halogens is 2. The van der Waals surface area contributed by atoms with Gasteiger partial charge in [0.05, 0.1) is 20.3 Å². The summed E-state index contributed by atoms with van der Waals surface area (Å²) in [5.41, 5.74) is 8.22. The molecule has 0 radical (unpaired) electrons. The van der Waals surface area contributed by atoms with Crippen molar-refractivity contribution in [2.45, 2.75) is 6.92 Å². The zero-order valence-corrected chi connectivity index (χ0v) is 12.8. The molecule has 0 amide bonds. The zero-order chi connectivity index (χ0) is 14.3. The van der Waals surface area contributed by atoms with E-state index in [4.69, 9.17) is 33.7 Å². The number of fused-ring (bicyclic) bond motifs is 1. The molecule has 0 saturated carbocycles. The molecule has 1 heterocycles. The Hall–Kier alpha value is -1.49. The highest BCUT2D eigenvalue weighted by atomic mass is 35.5. The van der Waals surface area contributed by atoms with E-state index >= 15 is 0 Å². The molecule has 0 saturated heterocycles. The molecular weight excluding hydrogens is 315 g/mol. The van der Waals surface area contributed by atoms with Crippen molar-refractivity contribution in [1.82, 2.24) is 4.98 Å². The number of benzene rings is 2. The van der Waals surface area contributed by atoms with Crippen LogP contribution in [-0.2, 0) is 0 Å². The summed E-state index contributed by atoms with van der Waals surface area (Å²) in [4.78, 5) is 4.40. The second kappa shape index (κ2) is 5.13. The van der Waals surface area contributed by atoms with Crippen LogP contribution >= 0.6 is 34.5 Å². The first-order chi connectivity index (χ1) is 9.52. The Labute approximate surface area is 129 Å². The third-order valence-corrected chi connectivity index (χ3v) is 4.19. The van der Waals surface area contributed by atoms with Gasteiger partial charge in [0.1, 0.15) is 0 Å². The summed E-state index contributed by atoms with van der Waals surface area (Å²) in [7, 11) is 0. The van der Waals surface area contributed by atoms with E-state index in [1.807, 2.05) is 19.1 Å². The van der Waals surface area contributed by atoms with Crippen LogP contribution < -0.4 is 10.5 Å². The minimum Gasteiger partial charge on any atom is -0.428 e. The van der Waals surface area contributed by atoms with Gasteiger partial charge in [-0.1, -0.05) is 40.6 Å². The largest absolute Gasteiger partial charge is 0.428 e. The number of hydrogen-bond donors (Lipinski definition) is 1. The zero-order valence-electron chi connectivity index (χ0n) is 10.5. The van der Waals surface area contributed by atoms with Crippen molar-refractivity contribution in [3.05, 3.63) is 45.9 Å². The summed E-state index contributed by atoms with van der Waals surface area (Å²) in [6.07, 6.45) is 0. The van der Waals surface area contributed by atoms with Crippen molar-refractivity contribution < 1.29 is 4.74 Å². The van der Waals surface area contributed by atoms with E-state index in [0.29, 0.717) is 26.7 Å². The van der Waals surface area contributed by atoms with Gasteiger partial charge in [0.25, 0.3) is 5.19 Å². The van der Waals surface area contributed by atoms with Crippen LogP contribution in [0.1, 0.15) is 5.56 Å². The summed E-state index contributed by atoms with van der Waals surface area (Å²) < 4.78 is 6.77. The van der Waals surface area contributed by atoms with E-state index in [-0.39, 0.29) is 0 Å². The molecule has 3 rings (SSSR count). The molecule has 0 aliphatic carbocycles. The van der Waals surface area contributed by atoms with E-state index in [2.05, 4.69) is 11.1 Å². The standard InChI is InChI=1S/C14H10Cl2N2OS/c1-7-2-3-11-12(4-7)20-14(18-11)19-13-9(15)5-8(17)6-10(13)16/h2-6H,17H2,1H3. The molecule has 20 heavy (non-hydrogen) atoms. The average Bonchev–Trinajstić information content (AvgIpc) is 2.75. The molecule has 0 fully saturated rings. The van der Waals surface area contributed by atoms with Crippen molar-refractivity contribution in [3.8, 4) is 10.9 Å². The number of aromatic nitrogens is 1. The van der Waals surface area contributed by atoms with Gasteiger partial charge in [-0.15, -0.1) is 0 Å². The van der Waals surface area contributed by atoms with Gasteiger partial charge in [-0.25, -0.2) is 4.98 Å². The molecule has 102 valence electrons. The lowest BCUT2D eigenvalue weighted by Crippen LogP contribution is -1.89. The van der Waals surface area contributed by atoms with Crippen LogP contribution in [0.2, 0.25) is 10.0 Å². The van der Waals surface area contributed by atoms with Crippen LogP contribution in [0.3, 0.4) is 0 Å². The molecular formula is C14H10Cl2N2OS. The summed E-state index contributed by atoms with van der Waals surface area (Å²) >= 11 is 13.6. The molecule has 3 aromatic rings. The normalized spacial score (nSPS) is 10.9. The van der Waals surface area contributed by atoms with Crippen LogP contribution in [0, 0.1) is 6.92 Å². The molecule has 0 atom stereocenters. The van der Waals surface area contributed by atoms with Gasteiger partial charge in [0.15, 0.2) is 5.75 Å². The lowest BCUT2D eigenvalue weighted by atomic mass is 10.2. The Kier molecular flexibility index (Phi) is 3.46. The van der Waals surface area contributed by atoms with E-state index in [9.17, 15) is 0 Å². The van der Waals surface area contributed by atoms with E-state index < -0.39 is 0 Å². The third kappa shape index (κ3) is 2.54. The minimum absolute atomic E-state index is 0.366. The van der Waals surface area contributed by atoms with E-state index in [1.54, 1.807) is 12.1 Å². The maximum atomic E-state index is 6.10. The van der Waals surface area contributed by atoms with Gasteiger partial charge >= 0.3 is 0 Å². The monoisotopic (exact) mass is 324 g/mol. The smallest absolute Gasteiger partial charge is 0.279 e. The van der Waals surface area contributed by atoms with E-state index in [1.165, 1.54) is 16.9 Å². The average molecular weight is 325 g/mol. The molecule has 2 aromatic carbocycles. The summed E-state index contributed by atoms with van der Waals surface area (Å²) in [5, 5.41) is 1.23. The first-order valence-electron chi connectivity index (χ1n) is 5.82. The van der Waals surface area contributed by atoms with Crippen molar-refractivity contribution in [3.63, 3.8) is 0 Å². The number of thiazole rings is 1. The SMILES string of the molecule is Cc1ccc2nc(Oc3c(Cl)cc(N)cc3Cl)sc2c1. The molecule has 2 N–H and O–H groups in total. The number of nitrogens with zero attached hydrogens (tertiary/aromatic N) is 1. The molecule has 3 nitrogen and oxygen atoms in total. The molecule has 0 aliphatic rings. The lowest BCUT2D eigenvalue weighted by molar-refractivity contribution is 0.481. The summed E-state index contributed by atoms with van der Waals surface area (Å²) in [6, 6.07) is 9.22. The first-order valence-corrected chi connectivity index (χ1v) is 7.40. The fourth-order valence-corrected chi connectivity index (χ4v) is 3.32. The number of hydrogen-bond acceptors (Lipinski definition) is 4. The fourth-order valence-electron chi connectivity index (χ4n) is 1.82. The fraction of sp³-hybridized carbons (Fsp3) is 0.0714. The van der Waals surface area contributed by atoms with Crippen molar-refractivity contribution >= 4 is 50.4 Å². The minimum atomic E-state index is 0.366. The van der Waals surface area contributed by atoms with Crippen molar-refractivity contribution in [2.75, 3.05) is 5.73 Å². The number of ether oxygens (including phenoxy) is 1. The Balaban J connectivity index is 2.01. The maximum absolute atomic E-state index is 6.10. The number of nitrogens with two attached hydrogens (primary N) is 1. The Morgan fingerprint density at radius 3 is 2.55 bits per heavy atom. The van der Waals surface area contributed by atoms with Crippen LogP contribution in [-0.4, -0.2) is 4.98 Å². The van der Waals surface area contributed by atoms with E-state index in [0.717, 1.165) is 10.2 Å². The van der Waals surface area contributed by atoms with Gasteiger partial charge in [-0.2, -0.15) is 0 Å². The number of anilines is 1. The molecule has 0 aliphatic heterocycles. The highest BCUT2D eigenvalue weighted by Gasteiger charge is 2.13. The molecule has 1 aromatic heterocycles. The number of aryl methyl sites for hydroxylation is 1. The van der Waals surface area contributed by atoms with Gasteiger partial charge in [0.2, 0.25) is 0 Å². The molecule has 0 unspecified atom stereocenters. The number of nitrogen functional groups attached to an aromatic ring is 1. The number of rotatable bonds is 2. The summed E-state index contributed by atoms with van der Waals surface area (Å²) in [6.45, 7) is 2.04. The molecule has 0 bridgehead atoms. The Morgan fingerprint density at radius 2 is 1.85 bits per heavy atom. The Bertz CT molecular complexity index is 778. The van der Waals surface area contributed by atoms with Crippen molar-refractivity contribution in [1.29, 1.82) is 0 Å². The third-order valence-electron chi connectivity index (χ3n) is 2.73.